The Labute approximate surface area is 88.3 Å². The number of Topliss-reactive ketones (excluding diaryl/α,β-unsaturated/α-hetero) is 1. The highest BCUT2D eigenvalue weighted by atomic mass is 16.1. The van der Waals surface area contributed by atoms with Crippen LogP contribution in [0.4, 0.5) is 0 Å². The number of ketones is 1. The summed E-state index contributed by atoms with van der Waals surface area (Å²) in [5.41, 5.74) is 0. The average molecular weight is 196 g/mol. The molecule has 0 aromatic heterocycles. The van der Waals surface area contributed by atoms with Gasteiger partial charge in [-0.05, 0) is 24.7 Å². The fourth-order valence-electron chi connectivity index (χ4n) is 2.05. The highest BCUT2D eigenvalue weighted by Gasteiger charge is 2.28. The molecule has 0 amide bonds. The maximum Gasteiger partial charge on any atom is 0.138 e. The monoisotopic (exact) mass is 196 g/mol. The fourth-order valence-corrected chi connectivity index (χ4v) is 2.05. The second-order valence-electron chi connectivity index (χ2n) is 5.43. The Morgan fingerprint density at radius 2 is 1.79 bits per heavy atom. The first-order valence-electron chi connectivity index (χ1n) is 6.06. The molecule has 82 valence electrons. The van der Waals surface area contributed by atoms with E-state index in [9.17, 15) is 4.79 Å². The van der Waals surface area contributed by atoms with E-state index in [4.69, 9.17) is 0 Å². The van der Waals surface area contributed by atoms with E-state index < -0.39 is 0 Å². The van der Waals surface area contributed by atoms with Crippen molar-refractivity contribution in [3.8, 4) is 0 Å². The molecule has 1 aliphatic rings. The van der Waals surface area contributed by atoms with Gasteiger partial charge >= 0.3 is 0 Å². The molecule has 0 heterocycles. The molecule has 0 aromatic rings. The van der Waals surface area contributed by atoms with Gasteiger partial charge in [0.15, 0.2) is 0 Å². The van der Waals surface area contributed by atoms with Crippen LogP contribution < -0.4 is 0 Å². The van der Waals surface area contributed by atoms with Crippen molar-refractivity contribution >= 4 is 5.78 Å². The van der Waals surface area contributed by atoms with E-state index in [2.05, 4.69) is 13.8 Å². The van der Waals surface area contributed by atoms with Crippen molar-refractivity contribution < 1.29 is 4.79 Å². The van der Waals surface area contributed by atoms with Crippen LogP contribution in [0.3, 0.4) is 0 Å². The Balaban J connectivity index is 2.40. The number of carbonyl (C=O) groups is 1. The van der Waals surface area contributed by atoms with E-state index in [1.165, 1.54) is 19.3 Å². The third-order valence-corrected chi connectivity index (χ3v) is 3.32. The van der Waals surface area contributed by atoms with Crippen LogP contribution in [0.2, 0.25) is 0 Å². The SMILES string of the molecule is CC(C)C(=O)C(CCC1CC1)C(C)C. The van der Waals surface area contributed by atoms with E-state index in [-0.39, 0.29) is 5.92 Å². The Bertz CT molecular complexity index is 189. The first-order valence-corrected chi connectivity index (χ1v) is 6.06. The molecule has 1 aliphatic carbocycles. The standard InChI is InChI=1S/C13H24O/c1-9(2)12(13(14)10(3)4)8-7-11-5-6-11/h9-12H,5-8H2,1-4H3. The van der Waals surface area contributed by atoms with E-state index in [0.717, 1.165) is 12.3 Å². The van der Waals surface area contributed by atoms with Crippen LogP contribution in [-0.2, 0) is 4.79 Å². The zero-order chi connectivity index (χ0) is 10.7. The molecular formula is C13H24O. The Kier molecular flexibility index (Phi) is 4.15. The molecule has 1 atom stereocenters. The quantitative estimate of drug-likeness (QED) is 0.633. The lowest BCUT2D eigenvalue weighted by molar-refractivity contribution is -0.127. The van der Waals surface area contributed by atoms with E-state index in [1.54, 1.807) is 0 Å². The predicted octanol–water partition coefficient (Wildman–Crippen LogP) is 3.67. The minimum atomic E-state index is 0.210. The molecule has 1 heteroatoms. The van der Waals surface area contributed by atoms with Crippen LogP contribution in [0.1, 0.15) is 53.4 Å². The lowest BCUT2D eigenvalue weighted by atomic mass is 9.82. The molecular weight excluding hydrogens is 172 g/mol. The summed E-state index contributed by atoms with van der Waals surface area (Å²) in [4.78, 5) is 11.9. The minimum absolute atomic E-state index is 0.210. The summed E-state index contributed by atoms with van der Waals surface area (Å²) in [6.45, 7) is 8.40. The second kappa shape index (κ2) is 4.95. The van der Waals surface area contributed by atoms with Gasteiger partial charge in [-0.1, -0.05) is 40.5 Å². The lowest BCUT2D eigenvalue weighted by Gasteiger charge is -2.21. The van der Waals surface area contributed by atoms with E-state index >= 15 is 0 Å². The molecule has 0 radical (unpaired) electrons. The van der Waals surface area contributed by atoms with Gasteiger partial charge < -0.3 is 0 Å². The molecule has 0 aromatic carbocycles. The summed E-state index contributed by atoms with van der Waals surface area (Å²) >= 11 is 0. The van der Waals surface area contributed by atoms with Gasteiger partial charge in [0.1, 0.15) is 5.78 Å². The van der Waals surface area contributed by atoms with Crippen molar-refractivity contribution in [3.63, 3.8) is 0 Å². The molecule has 1 unspecified atom stereocenters. The lowest BCUT2D eigenvalue weighted by Crippen LogP contribution is -2.24. The van der Waals surface area contributed by atoms with Gasteiger partial charge in [-0.25, -0.2) is 0 Å². The third kappa shape index (κ3) is 3.43. The maximum atomic E-state index is 11.9. The number of rotatable bonds is 6. The first-order chi connectivity index (χ1) is 6.52. The second-order valence-corrected chi connectivity index (χ2v) is 5.43. The minimum Gasteiger partial charge on any atom is -0.299 e. The highest BCUT2D eigenvalue weighted by Crippen LogP contribution is 2.36. The largest absolute Gasteiger partial charge is 0.299 e. The predicted molar refractivity (Wildman–Crippen MR) is 60.1 cm³/mol. The highest BCUT2D eigenvalue weighted by molar-refractivity contribution is 5.82. The molecule has 0 saturated heterocycles. The summed E-state index contributed by atoms with van der Waals surface area (Å²) in [5, 5.41) is 0. The zero-order valence-corrected chi connectivity index (χ0v) is 10.0. The van der Waals surface area contributed by atoms with Gasteiger partial charge in [0, 0.05) is 11.8 Å². The fraction of sp³-hybridized carbons (Fsp3) is 0.923. The molecule has 1 rings (SSSR count). The van der Waals surface area contributed by atoms with Crippen molar-refractivity contribution in [2.24, 2.45) is 23.7 Å². The molecule has 0 N–H and O–H groups in total. The molecule has 14 heavy (non-hydrogen) atoms. The van der Waals surface area contributed by atoms with Crippen LogP contribution in [0.25, 0.3) is 0 Å². The first kappa shape index (κ1) is 11.7. The van der Waals surface area contributed by atoms with E-state index in [0.29, 0.717) is 17.6 Å². The average Bonchev–Trinajstić information content (AvgIpc) is 2.87. The van der Waals surface area contributed by atoms with Crippen molar-refractivity contribution in [2.75, 3.05) is 0 Å². The number of carbonyl (C=O) groups excluding carboxylic acids is 1. The Hall–Kier alpha value is -0.330. The van der Waals surface area contributed by atoms with Crippen molar-refractivity contribution in [3.05, 3.63) is 0 Å². The van der Waals surface area contributed by atoms with Crippen molar-refractivity contribution in [1.29, 1.82) is 0 Å². The van der Waals surface area contributed by atoms with Gasteiger partial charge in [-0.15, -0.1) is 0 Å². The van der Waals surface area contributed by atoms with E-state index in [1.807, 2.05) is 13.8 Å². The van der Waals surface area contributed by atoms with Crippen molar-refractivity contribution in [2.45, 2.75) is 53.4 Å². The molecule has 0 spiro atoms. The van der Waals surface area contributed by atoms with Crippen LogP contribution in [-0.4, -0.2) is 5.78 Å². The van der Waals surface area contributed by atoms with Crippen LogP contribution in [0.15, 0.2) is 0 Å². The Morgan fingerprint density at radius 3 is 2.14 bits per heavy atom. The molecule has 0 aliphatic heterocycles. The van der Waals surface area contributed by atoms with Gasteiger partial charge in [0.25, 0.3) is 0 Å². The Morgan fingerprint density at radius 1 is 1.21 bits per heavy atom. The van der Waals surface area contributed by atoms with Crippen LogP contribution in [0.5, 0.6) is 0 Å². The third-order valence-electron chi connectivity index (χ3n) is 3.32. The van der Waals surface area contributed by atoms with Crippen LogP contribution >= 0.6 is 0 Å². The van der Waals surface area contributed by atoms with Gasteiger partial charge in [-0.2, -0.15) is 0 Å². The van der Waals surface area contributed by atoms with Gasteiger partial charge in [0.05, 0.1) is 0 Å². The van der Waals surface area contributed by atoms with Gasteiger partial charge in [0.2, 0.25) is 0 Å². The van der Waals surface area contributed by atoms with Crippen LogP contribution in [0, 0.1) is 23.7 Å². The summed E-state index contributed by atoms with van der Waals surface area (Å²) in [5.74, 6) is 2.47. The van der Waals surface area contributed by atoms with Gasteiger partial charge in [-0.3, -0.25) is 4.79 Å². The molecule has 1 nitrogen and oxygen atoms in total. The molecule has 0 bridgehead atoms. The maximum absolute atomic E-state index is 11.9. The zero-order valence-electron chi connectivity index (χ0n) is 10.0. The van der Waals surface area contributed by atoms with Crippen molar-refractivity contribution in [1.82, 2.24) is 0 Å². The normalized spacial score (nSPS) is 19.0. The number of hydrogen-bond acceptors (Lipinski definition) is 1. The topological polar surface area (TPSA) is 17.1 Å². The summed E-state index contributed by atoms with van der Waals surface area (Å²) < 4.78 is 0. The summed E-state index contributed by atoms with van der Waals surface area (Å²) in [6, 6.07) is 0. The summed E-state index contributed by atoms with van der Waals surface area (Å²) in [7, 11) is 0. The molecule has 1 saturated carbocycles. The summed E-state index contributed by atoms with van der Waals surface area (Å²) in [6.07, 6.45) is 5.21. The smallest absolute Gasteiger partial charge is 0.138 e. The number of hydrogen-bond donors (Lipinski definition) is 0. The molecule has 1 fully saturated rings.